The maximum absolute atomic E-state index is 12.1. The molecule has 0 atom stereocenters. The second-order valence-electron chi connectivity index (χ2n) is 6.99. The molecule has 0 aliphatic heterocycles. The van der Waals surface area contributed by atoms with Crippen molar-refractivity contribution < 1.29 is 14.3 Å². The fourth-order valence-electron chi connectivity index (χ4n) is 3.56. The molecule has 5 heteroatoms. The summed E-state index contributed by atoms with van der Waals surface area (Å²) in [6.07, 6.45) is 7.46. The number of methoxy groups -OCH3 is 2. The number of amides is 1. The van der Waals surface area contributed by atoms with Gasteiger partial charge in [0.05, 0.1) is 20.8 Å². The predicted molar refractivity (Wildman–Crippen MR) is 100 cm³/mol. The second kappa shape index (κ2) is 10.3. The van der Waals surface area contributed by atoms with Crippen LogP contribution >= 0.6 is 0 Å². The van der Waals surface area contributed by atoms with Gasteiger partial charge in [-0.1, -0.05) is 25.3 Å². The summed E-state index contributed by atoms with van der Waals surface area (Å²) < 4.78 is 10.5. The molecule has 0 unspecified atom stereocenters. The van der Waals surface area contributed by atoms with Crippen molar-refractivity contribution in [2.45, 2.75) is 38.5 Å². The van der Waals surface area contributed by atoms with Crippen molar-refractivity contribution in [2.24, 2.45) is 5.92 Å². The fourth-order valence-corrected chi connectivity index (χ4v) is 3.56. The highest BCUT2D eigenvalue weighted by Crippen LogP contribution is 2.27. The molecule has 0 radical (unpaired) electrons. The minimum atomic E-state index is 0.0961. The maximum atomic E-state index is 12.1. The average Bonchev–Trinajstić information content (AvgIpc) is 2.62. The first-order valence-corrected chi connectivity index (χ1v) is 9.28. The normalized spacial score (nSPS) is 15.2. The quantitative estimate of drug-likeness (QED) is 0.745. The molecule has 0 spiro atoms. The molecular formula is C20H32N2O3. The van der Waals surface area contributed by atoms with Gasteiger partial charge in [0.2, 0.25) is 5.91 Å². The topological polar surface area (TPSA) is 50.8 Å². The Balaban J connectivity index is 1.69. The largest absolute Gasteiger partial charge is 0.493 e. The molecule has 0 saturated heterocycles. The van der Waals surface area contributed by atoms with Gasteiger partial charge in [-0.25, -0.2) is 0 Å². The van der Waals surface area contributed by atoms with Gasteiger partial charge in [-0.2, -0.15) is 0 Å². The minimum absolute atomic E-state index is 0.0961. The molecule has 25 heavy (non-hydrogen) atoms. The summed E-state index contributed by atoms with van der Waals surface area (Å²) >= 11 is 0. The zero-order valence-corrected chi connectivity index (χ0v) is 15.8. The van der Waals surface area contributed by atoms with E-state index in [1.54, 1.807) is 14.2 Å². The smallest absolute Gasteiger partial charge is 0.234 e. The van der Waals surface area contributed by atoms with Crippen molar-refractivity contribution in [3.63, 3.8) is 0 Å². The third-order valence-electron chi connectivity index (χ3n) is 4.89. The predicted octanol–water partition coefficient (Wildman–Crippen LogP) is 2.87. The van der Waals surface area contributed by atoms with Crippen molar-refractivity contribution in [2.75, 3.05) is 40.9 Å². The molecule has 0 bridgehead atoms. The van der Waals surface area contributed by atoms with E-state index in [4.69, 9.17) is 9.47 Å². The molecule has 140 valence electrons. The number of rotatable bonds is 9. The molecular weight excluding hydrogens is 316 g/mol. The SMILES string of the molecule is COc1ccc(CCNC(=O)CN(C)CC2CCCCC2)cc1OC. The summed E-state index contributed by atoms with van der Waals surface area (Å²) in [5, 5.41) is 3.01. The Morgan fingerprint density at radius 1 is 1.16 bits per heavy atom. The number of hydrogen-bond acceptors (Lipinski definition) is 4. The van der Waals surface area contributed by atoms with E-state index in [1.807, 2.05) is 25.2 Å². The molecule has 1 amide bonds. The first-order valence-electron chi connectivity index (χ1n) is 9.28. The van der Waals surface area contributed by atoms with Gasteiger partial charge in [0, 0.05) is 13.1 Å². The van der Waals surface area contributed by atoms with E-state index in [-0.39, 0.29) is 5.91 Å². The van der Waals surface area contributed by atoms with E-state index in [9.17, 15) is 4.79 Å². The first-order chi connectivity index (χ1) is 12.1. The zero-order chi connectivity index (χ0) is 18.1. The molecule has 1 N–H and O–H groups in total. The van der Waals surface area contributed by atoms with Crippen LogP contribution in [0.25, 0.3) is 0 Å². The number of nitrogens with zero attached hydrogens (tertiary/aromatic N) is 1. The van der Waals surface area contributed by atoms with Crippen LogP contribution in [0.5, 0.6) is 11.5 Å². The number of benzene rings is 1. The summed E-state index contributed by atoms with van der Waals surface area (Å²) in [7, 11) is 5.30. The second-order valence-corrected chi connectivity index (χ2v) is 6.99. The first kappa shape index (κ1) is 19.6. The van der Waals surface area contributed by atoms with E-state index >= 15 is 0 Å². The summed E-state index contributed by atoms with van der Waals surface area (Å²) in [6, 6.07) is 5.86. The van der Waals surface area contributed by atoms with E-state index < -0.39 is 0 Å². The highest BCUT2D eigenvalue weighted by atomic mass is 16.5. The third kappa shape index (κ3) is 6.58. The van der Waals surface area contributed by atoms with Crippen molar-refractivity contribution in [1.82, 2.24) is 10.2 Å². The fraction of sp³-hybridized carbons (Fsp3) is 0.650. The standard InChI is InChI=1S/C20H32N2O3/c1-22(14-17-7-5-4-6-8-17)15-20(23)21-12-11-16-9-10-18(24-2)19(13-16)25-3/h9-10,13,17H,4-8,11-12,14-15H2,1-3H3,(H,21,23). The van der Waals surface area contributed by atoms with Gasteiger partial charge in [0.15, 0.2) is 11.5 Å². The number of nitrogens with one attached hydrogen (secondary N) is 1. The van der Waals surface area contributed by atoms with Crippen molar-refractivity contribution in [3.05, 3.63) is 23.8 Å². The molecule has 1 aliphatic carbocycles. The van der Waals surface area contributed by atoms with Crippen LogP contribution in [-0.4, -0.2) is 51.7 Å². The lowest BCUT2D eigenvalue weighted by atomic mass is 9.89. The highest BCUT2D eigenvalue weighted by molar-refractivity contribution is 5.77. The molecule has 2 rings (SSSR count). The van der Waals surface area contributed by atoms with Gasteiger partial charge >= 0.3 is 0 Å². The van der Waals surface area contributed by atoms with Gasteiger partial charge in [0.1, 0.15) is 0 Å². The third-order valence-corrected chi connectivity index (χ3v) is 4.89. The molecule has 1 aromatic rings. The van der Waals surface area contributed by atoms with Crippen molar-refractivity contribution in [1.29, 1.82) is 0 Å². The van der Waals surface area contributed by atoms with Crippen LogP contribution < -0.4 is 14.8 Å². The lowest BCUT2D eigenvalue weighted by molar-refractivity contribution is -0.122. The lowest BCUT2D eigenvalue weighted by Crippen LogP contribution is -2.38. The summed E-state index contributed by atoms with van der Waals surface area (Å²) in [5.41, 5.74) is 1.12. The van der Waals surface area contributed by atoms with E-state index in [0.717, 1.165) is 35.9 Å². The van der Waals surface area contributed by atoms with Crippen LogP contribution in [0.15, 0.2) is 18.2 Å². The van der Waals surface area contributed by atoms with Gasteiger partial charge < -0.3 is 14.8 Å². The van der Waals surface area contributed by atoms with E-state index in [0.29, 0.717) is 13.1 Å². The molecule has 1 aliphatic rings. The summed E-state index contributed by atoms with van der Waals surface area (Å²) in [4.78, 5) is 14.3. The maximum Gasteiger partial charge on any atom is 0.234 e. The van der Waals surface area contributed by atoms with Crippen LogP contribution in [0.4, 0.5) is 0 Å². The summed E-state index contributed by atoms with van der Waals surface area (Å²) in [6.45, 7) is 2.14. The van der Waals surface area contributed by atoms with Crippen LogP contribution in [0.2, 0.25) is 0 Å². The molecule has 1 aromatic carbocycles. The Labute approximate surface area is 151 Å². The number of carbonyl (C=O) groups excluding carboxylic acids is 1. The van der Waals surface area contributed by atoms with E-state index in [1.165, 1.54) is 32.1 Å². The number of carbonyl (C=O) groups is 1. The summed E-state index contributed by atoms with van der Waals surface area (Å²) in [5.74, 6) is 2.30. The number of ether oxygens (including phenoxy) is 2. The minimum Gasteiger partial charge on any atom is -0.493 e. The Bertz CT molecular complexity index is 542. The molecule has 1 fully saturated rings. The highest BCUT2D eigenvalue weighted by Gasteiger charge is 2.16. The van der Waals surface area contributed by atoms with Crippen LogP contribution in [-0.2, 0) is 11.2 Å². The Morgan fingerprint density at radius 2 is 1.88 bits per heavy atom. The van der Waals surface area contributed by atoms with Gasteiger partial charge in [-0.15, -0.1) is 0 Å². The lowest BCUT2D eigenvalue weighted by Gasteiger charge is -2.26. The Morgan fingerprint density at radius 3 is 2.56 bits per heavy atom. The Hall–Kier alpha value is -1.75. The zero-order valence-electron chi connectivity index (χ0n) is 15.8. The van der Waals surface area contributed by atoms with E-state index in [2.05, 4.69) is 10.2 Å². The number of hydrogen-bond donors (Lipinski definition) is 1. The average molecular weight is 348 g/mol. The van der Waals surface area contributed by atoms with Gasteiger partial charge in [-0.3, -0.25) is 9.69 Å². The van der Waals surface area contributed by atoms with Crippen LogP contribution in [0.3, 0.4) is 0 Å². The molecule has 5 nitrogen and oxygen atoms in total. The van der Waals surface area contributed by atoms with Crippen LogP contribution in [0.1, 0.15) is 37.7 Å². The molecule has 1 saturated carbocycles. The number of likely N-dealkylation sites (N-methyl/N-ethyl adjacent to an activating group) is 1. The monoisotopic (exact) mass is 348 g/mol. The van der Waals surface area contributed by atoms with Crippen molar-refractivity contribution >= 4 is 5.91 Å². The van der Waals surface area contributed by atoms with Gasteiger partial charge in [0.25, 0.3) is 0 Å². The van der Waals surface area contributed by atoms with Crippen molar-refractivity contribution in [3.8, 4) is 11.5 Å². The van der Waals surface area contributed by atoms with Crippen LogP contribution in [0, 0.1) is 5.92 Å². The molecule has 0 heterocycles. The molecule has 0 aromatic heterocycles. The van der Waals surface area contributed by atoms with Gasteiger partial charge in [-0.05, 0) is 49.9 Å². The Kier molecular flexibility index (Phi) is 8.06.